The van der Waals surface area contributed by atoms with Gasteiger partial charge in [0.25, 0.3) is 0 Å². The molecule has 0 bridgehead atoms. The first-order valence-corrected chi connectivity index (χ1v) is 3.78. The van der Waals surface area contributed by atoms with Crippen LogP contribution in [0.1, 0.15) is 0 Å². The first-order valence-electron chi connectivity index (χ1n) is 0.642. The Bertz CT molecular complexity index is 98.1. The van der Waals surface area contributed by atoms with Gasteiger partial charge in [-0.25, -0.2) is 0 Å². The summed E-state index contributed by atoms with van der Waals surface area (Å²) < 4.78 is 18.3. The molecule has 2 nitrogen and oxygen atoms in total. The van der Waals surface area contributed by atoms with Crippen molar-refractivity contribution in [3.63, 3.8) is 0 Å². The first-order chi connectivity index (χ1) is 2.00. The predicted molar refractivity (Wildman–Crippen MR) is 26.4 cm³/mol. The predicted octanol–water partition coefficient (Wildman–Crippen LogP) is -8.66. The number of halogens is 5. The van der Waals surface area contributed by atoms with Crippen molar-refractivity contribution in [3.8, 4) is 0 Å². The third kappa shape index (κ3) is 167. The monoisotopic (exact) mass is 266 g/mol. The molecule has 0 aromatic heterocycles. The number of rotatable bonds is 0. The molecule has 0 aliphatic heterocycles. The number of hydrogen-bond acceptors (Lipinski definition) is 2. The molecule has 0 atom stereocenters. The van der Waals surface area contributed by atoms with Gasteiger partial charge in [-0.1, -0.05) is 0 Å². The molecule has 9 heavy (non-hydrogen) atoms. The molecule has 0 aliphatic rings. The fourth-order valence-electron chi connectivity index (χ4n) is 0. The minimum Gasteiger partial charge on any atom is -1.00 e. The van der Waals surface area contributed by atoms with E-state index in [-0.39, 0.29) is 54.6 Å². The van der Waals surface area contributed by atoms with Crippen LogP contribution in [0.5, 0.6) is 0 Å². The summed E-state index contributed by atoms with van der Waals surface area (Å²) in [4.78, 5) is 0. The van der Waals surface area contributed by atoms with Crippen molar-refractivity contribution >= 4 is 47.0 Å². The second-order valence-corrected chi connectivity index (χ2v) is 4.05. The molecule has 0 radical (unpaired) electrons. The van der Waals surface area contributed by atoms with E-state index in [2.05, 4.69) is 21.4 Å². The maximum atomic E-state index is 9.16. The first kappa shape index (κ1) is 30.6. The Morgan fingerprint density at radius 2 is 0.889 bits per heavy atom. The van der Waals surface area contributed by atoms with Gasteiger partial charge in [0.15, 0.2) is 0 Å². The van der Waals surface area contributed by atoms with Gasteiger partial charge in [0.05, 0.1) is 0 Å². The van der Waals surface area contributed by atoms with E-state index in [4.69, 9.17) is 8.42 Å². The van der Waals surface area contributed by atoms with Gasteiger partial charge in [-0.3, -0.25) is 0 Å². The standard InChI is InChI=1S/Al.Cl2O2S.3ClH/c;1-5(2,3)4;;;/h;;3*1H/q+3;;;;/p-3. The molecule has 0 rings (SSSR count). The molecule has 0 amide bonds. The third-order valence-electron chi connectivity index (χ3n) is 0. The summed E-state index contributed by atoms with van der Waals surface area (Å²) in [6, 6.07) is 0. The zero-order valence-electron chi connectivity index (χ0n) is 3.69. The van der Waals surface area contributed by atoms with Crippen molar-refractivity contribution < 1.29 is 45.6 Å². The largest absolute Gasteiger partial charge is 3.00 e. The molecule has 0 spiro atoms. The molecule has 0 heterocycles. The van der Waals surface area contributed by atoms with Gasteiger partial charge < -0.3 is 37.2 Å². The average Bonchev–Trinajstić information content (AvgIpc) is 0.722. The van der Waals surface area contributed by atoms with Crippen LogP contribution in [0.2, 0.25) is 0 Å². The fourth-order valence-corrected chi connectivity index (χ4v) is 0. The summed E-state index contributed by atoms with van der Waals surface area (Å²) in [5.74, 6) is 0. The Balaban J connectivity index is -0.0000000133. The van der Waals surface area contributed by atoms with E-state index in [0.29, 0.717) is 0 Å². The van der Waals surface area contributed by atoms with Crippen LogP contribution < -0.4 is 37.2 Å². The second-order valence-electron chi connectivity index (χ2n) is 0.378. The van der Waals surface area contributed by atoms with Crippen LogP contribution in [-0.2, 0) is 8.26 Å². The van der Waals surface area contributed by atoms with Gasteiger partial charge in [-0.2, -0.15) is 8.42 Å². The van der Waals surface area contributed by atoms with Gasteiger partial charge in [0, 0.05) is 21.4 Å². The van der Waals surface area contributed by atoms with Crippen LogP contribution in [-0.4, -0.2) is 25.8 Å². The van der Waals surface area contributed by atoms with Gasteiger partial charge in [0.2, 0.25) is 0 Å². The number of hydrogen-bond donors (Lipinski definition) is 0. The molecule has 0 saturated carbocycles. The van der Waals surface area contributed by atoms with E-state index < -0.39 is 8.26 Å². The normalized spacial score (nSPS) is 6.44. The Morgan fingerprint density at radius 1 is 0.889 bits per heavy atom. The summed E-state index contributed by atoms with van der Waals surface area (Å²) in [6.07, 6.45) is 0. The minimum atomic E-state index is -3.72. The van der Waals surface area contributed by atoms with Gasteiger partial charge in [-0.05, 0) is 0 Å². The molecule has 0 aromatic carbocycles. The molecular weight excluding hydrogens is 268 g/mol. The van der Waals surface area contributed by atoms with Crippen LogP contribution in [0.15, 0.2) is 0 Å². The quantitative estimate of drug-likeness (QED) is 0.323. The van der Waals surface area contributed by atoms with Gasteiger partial charge >= 0.3 is 25.6 Å². The average molecular weight is 268 g/mol. The molecule has 0 aromatic rings. The summed E-state index contributed by atoms with van der Waals surface area (Å²) in [5, 5.41) is 0. The minimum absolute atomic E-state index is 0. The van der Waals surface area contributed by atoms with E-state index in [1.165, 1.54) is 0 Å². The Labute approximate surface area is 91.9 Å². The molecular formula is AlCl5O2S. The second kappa shape index (κ2) is 12.6. The molecule has 0 unspecified atom stereocenters. The van der Waals surface area contributed by atoms with Crippen molar-refractivity contribution in [2.75, 3.05) is 0 Å². The Kier molecular flexibility index (Phi) is 42.9. The van der Waals surface area contributed by atoms with E-state index in [9.17, 15) is 0 Å². The Morgan fingerprint density at radius 3 is 0.889 bits per heavy atom. The van der Waals surface area contributed by atoms with Crippen LogP contribution in [0, 0.1) is 0 Å². The van der Waals surface area contributed by atoms with Crippen molar-refractivity contribution in [2.24, 2.45) is 0 Å². The summed E-state index contributed by atoms with van der Waals surface area (Å²) in [7, 11) is 4.81. The fraction of sp³-hybridized carbons (Fsp3) is 0. The zero-order valence-corrected chi connectivity index (χ0v) is 9.44. The molecule has 0 saturated heterocycles. The third-order valence-corrected chi connectivity index (χ3v) is 0. The molecule has 0 fully saturated rings. The molecule has 0 N–H and O–H groups in total. The van der Waals surface area contributed by atoms with E-state index in [0.717, 1.165) is 0 Å². The van der Waals surface area contributed by atoms with Crippen LogP contribution in [0.25, 0.3) is 0 Å². The van der Waals surface area contributed by atoms with Crippen LogP contribution in [0.4, 0.5) is 0 Å². The SMILES string of the molecule is O=S(=O)(Cl)Cl.[Al+3].[Cl-].[Cl-].[Cl-]. The van der Waals surface area contributed by atoms with Crippen molar-refractivity contribution in [2.45, 2.75) is 0 Å². The molecule has 56 valence electrons. The van der Waals surface area contributed by atoms with Crippen LogP contribution in [0.3, 0.4) is 0 Å². The summed E-state index contributed by atoms with van der Waals surface area (Å²) in [6.45, 7) is 0. The molecule has 9 heteroatoms. The van der Waals surface area contributed by atoms with Crippen molar-refractivity contribution in [1.29, 1.82) is 0 Å². The smallest absolute Gasteiger partial charge is 1.00 e. The van der Waals surface area contributed by atoms with Gasteiger partial charge in [-0.15, -0.1) is 0 Å². The maximum Gasteiger partial charge on any atom is 3.00 e. The van der Waals surface area contributed by atoms with E-state index >= 15 is 0 Å². The van der Waals surface area contributed by atoms with Gasteiger partial charge in [0.1, 0.15) is 0 Å². The van der Waals surface area contributed by atoms with Crippen molar-refractivity contribution in [3.05, 3.63) is 0 Å². The molecule has 0 aliphatic carbocycles. The van der Waals surface area contributed by atoms with Crippen LogP contribution >= 0.6 is 21.4 Å². The topological polar surface area (TPSA) is 34.1 Å². The maximum absolute atomic E-state index is 9.16. The van der Waals surface area contributed by atoms with E-state index in [1.807, 2.05) is 0 Å². The zero-order chi connectivity index (χ0) is 4.50. The Hall–Kier alpha value is 1.93. The van der Waals surface area contributed by atoms with E-state index in [1.54, 1.807) is 0 Å². The summed E-state index contributed by atoms with van der Waals surface area (Å²) in [5.41, 5.74) is 0. The summed E-state index contributed by atoms with van der Waals surface area (Å²) >= 11 is 0. The van der Waals surface area contributed by atoms with Crippen molar-refractivity contribution in [1.82, 2.24) is 0 Å².